The molecule has 5 rings (SSSR count). The Kier molecular flexibility index (Phi) is 8.99. The van der Waals surface area contributed by atoms with Crippen molar-refractivity contribution in [2.45, 2.75) is 6.42 Å². The van der Waals surface area contributed by atoms with E-state index in [1.54, 1.807) is 79.9 Å². The number of rotatable bonds is 11. The van der Waals surface area contributed by atoms with E-state index in [0.29, 0.717) is 39.7 Å². The Morgan fingerprint density at radius 3 is 2.07 bits per heavy atom. The zero-order chi connectivity index (χ0) is 30.3. The fourth-order valence-electron chi connectivity index (χ4n) is 4.36. The minimum Gasteiger partial charge on any atom is -0.755 e. The van der Waals surface area contributed by atoms with Gasteiger partial charge in [0, 0.05) is 29.6 Å². The van der Waals surface area contributed by atoms with Crippen LogP contribution in [0.15, 0.2) is 91.0 Å². The summed E-state index contributed by atoms with van der Waals surface area (Å²) in [6.45, 7) is 0. The van der Waals surface area contributed by atoms with E-state index in [2.05, 4.69) is 15.6 Å². The highest BCUT2D eigenvalue weighted by Crippen LogP contribution is 2.36. The lowest BCUT2D eigenvalue weighted by molar-refractivity contribution is -0.115. The summed E-state index contributed by atoms with van der Waals surface area (Å²) in [7, 11) is 4.64. The Bertz CT molecular complexity index is 1760. The maximum atomic E-state index is 12.8. The van der Waals surface area contributed by atoms with Crippen LogP contribution in [0.1, 0.15) is 5.56 Å². The molecule has 5 aromatic rings. The van der Waals surface area contributed by atoms with E-state index >= 15 is 0 Å². The Balaban J connectivity index is 1.50. The molecule has 0 aliphatic rings. The molecule has 0 bridgehead atoms. The van der Waals surface area contributed by atoms with Crippen LogP contribution in [0.25, 0.3) is 11.0 Å². The Hall–Kier alpha value is -5.20. The minimum atomic E-state index is -2.82. The molecule has 11 nitrogen and oxygen atoms in total. The Morgan fingerprint density at radius 2 is 1.44 bits per heavy atom. The number of methoxy groups -OCH3 is 3. The molecule has 1 atom stereocenters. The summed E-state index contributed by atoms with van der Waals surface area (Å²) in [4.78, 5) is 22.2. The van der Waals surface area contributed by atoms with Crippen LogP contribution in [0.2, 0.25) is 0 Å². The SMILES string of the molecule is COc1ccc(CC(=O)Nc2cccc(N(c3nc4ccccc4nc3Nc3cc(OC)cc(OC)c3)S(=O)[O-])c2)cc1. The third kappa shape index (κ3) is 7.00. The van der Waals surface area contributed by atoms with Crippen molar-refractivity contribution in [3.8, 4) is 17.2 Å². The third-order valence-electron chi connectivity index (χ3n) is 6.40. The highest BCUT2D eigenvalue weighted by molar-refractivity contribution is 7.81. The molecule has 0 aliphatic heterocycles. The van der Waals surface area contributed by atoms with E-state index in [0.717, 1.165) is 9.87 Å². The topological polar surface area (TPSA) is 138 Å². The van der Waals surface area contributed by atoms with E-state index in [-0.39, 0.29) is 29.7 Å². The zero-order valence-electron chi connectivity index (χ0n) is 23.6. The third-order valence-corrected chi connectivity index (χ3v) is 7.08. The molecule has 12 heteroatoms. The smallest absolute Gasteiger partial charge is 0.228 e. The zero-order valence-corrected chi connectivity index (χ0v) is 24.4. The molecule has 1 heterocycles. The van der Waals surface area contributed by atoms with Crippen LogP contribution in [0, 0.1) is 0 Å². The van der Waals surface area contributed by atoms with Crippen LogP contribution in [-0.4, -0.2) is 46.0 Å². The Labute approximate surface area is 250 Å². The summed E-state index contributed by atoms with van der Waals surface area (Å²) in [5.41, 5.74) is 3.04. The van der Waals surface area contributed by atoms with E-state index in [9.17, 15) is 13.6 Å². The largest absolute Gasteiger partial charge is 0.755 e. The van der Waals surface area contributed by atoms with Crippen molar-refractivity contribution < 1.29 is 27.8 Å². The molecule has 1 unspecified atom stereocenters. The van der Waals surface area contributed by atoms with Gasteiger partial charge >= 0.3 is 0 Å². The molecular formula is C31H28N5O6S-. The molecular weight excluding hydrogens is 570 g/mol. The van der Waals surface area contributed by atoms with Crippen LogP contribution >= 0.6 is 0 Å². The summed E-state index contributed by atoms with van der Waals surface area (Å²) >= 11 is -2.82. The number of ether oxygens (including phenoxy) is 3. The number of para-hydroxylation sites is 2. The highest BCUT2D eigenvalue weighted by Gasteiger charge is 2.21. The van der Waals surface area contributed by atoms with Crippen molar-refractivity contribution in [2.24, 2.45) is 0 Å². The number of carbonyl (C=O) groups is 1. The normalized spacial score (nSPS) is 11.4. The Morgan fingerprint density at radius 1 is 0.791 bits per heavy atom. The fourth-order valence-corrected chi connectivity index (χ4v) is 4.91. The van der Waals surface area contributed by atoms with Crippen molar-refractivity contribution in [2.75, 3.05) is 36.3 Å². The predicted octanol–water partition coefficient (Wildman–Crippen LogP) is 5.51. The van der Waals surface area contributed by atoms with Gasteiger partial charge in [0.1, 0.15) is 17.2 Å². The number of fused-ring (bicyclic) bond motifs is 1. The number of hydrogen-bond acceptors (Lipinski definition) is 9. The van der Waals surface area contributed by atoms with Crippen molar-refractivity contribution >= 4 is 56.9 Å². The molecule has 43 heavy (non-hydrogen) atoms. The summed E-state index contributed by atoms with van der Waals surface area (Å²) in [6, 6.07) is 25.9. The minimum absolute atomic E-state index is 0.0236. The molecule has 220 valence electrons. The molecule has 0 spiro atoms. The first-order chi connectivity index (χ1) is 20.9. The number of carbonyl (C=O) groups excluding carboxylic acids is 1. The number of nitrogens with zero attached hydrogens (tertiary/aromatic N) is 3. The number of benzene rings is 4. The molecule has 0 saturated heterocycles. The summed E-state index contributed by atoms with van der Waals surface area (Å²) in [6.07, 6.45) is 0.125. The number of hydrogen-bond donors (Lipinski definition) is 2. The lowest BCUT2D eigenvalue weighted by atomic mass is 10.1. The van der Waals surface area contributed by atoms with Gasteiger partial charge in [-0.3, -0.25) is 13.3 Å². The molecule has 1 aromatic heterocycles. The quantitative estimate of drug-likeness (QED) is 0.188. The average Bonchev–Trinajstić information content (AvgIpc) is 3.01. The molecule has 4 aromatic carbocycles. The lowest BCUT2D eigenvalue weighted by Crippen LogP contribution is -2.23. The molecule has 0 aliphatic carbocycles. The summed E-state index contributed by atoms with van der Waals surface area (Å²) < 4.78 is 42.5. The lowest BCUT2D eigenvalue weighted by Gasteiger charge is -2.27. The van der Waals surface area contributed by atoms with Crippen molar-refractivity contribution in [1.29, 1.82) is 0 Å². The van der Waals surface area contributed by atoms with Gasteiger partial charge in [-0.2, -0.15) is 0 Å². The van der Waals surface area contributed by atoms with E-state index in [1.165, 1.54) is 14.2 Å². The second kappa shape index (κ2) is 13.2. The van der Waals surface area contributed by atoms with Crippen LogP contribution in [-0.2, 0) is 22.5 Å². The number of amides is 1. The first-order valence-corrected chi connectivity index (χ1v) is 14.1. The maximum Gasteiger partial charge on any atom is 0.228 e. The van der Waals surface area contributed by atoms with Gasteiger partial charge in [-0.15, -0.1) is 0 Å². The summed E-state index contributed by atoms with van der Waals surface area (Å²) in [5, 5.41) is 6.01. The first-order valence-electron chi connectivity index (χ1n) is 13.1. The second-order valence-electron chi connectivity index (χ2n) is 9.25. The van der Waals surface area contributed by atoms with E-state index < -0.39 is 11.3 Å². The van der Waals surface area contributed by atoms with Gasteiger partial charge in [0.25, 0.3) is 0 Å². The number of anilines is 5. The molecule has 1 amide bonds. The van der Waals surface area contributed by atoms with Crippen LogP contribution in [0.3, 0.4) is 0 Å². The molecule has 0 radical (unpaired) electrons. The number of aromatic nitrogens is 2. The van der Waals surface area contributed by atoms with Gasteiger partial charge in [-0.25, -0.2) is 9.97 Å². The van der Waals surface area contributed by atoms with Crippen molar-refractivity contribution in [3.63, 3.8) is 0 Å². The van der Waals surface area contributed by atoms with Crippen molar-refractivity contribution in [1.82, 2.24) is 9.97 Å². The second-order valence-corrected chi connectivity index (χ2v) is 10.0. The number of nitrogens with one attached hydrogen (secondary N) is 2. The van der Waals surface area contributed by atoms with Gasteiger partial charge in [0.2, 0.25) is 5.91 Å². The fraction of sp³-hybridized carbons (Fsp3) is 0.129. The highest BCUT2D eigenvalue weighted by atomic mass is 32.2. The standard InChI is InChI=1S/C31H29N5O6S/c1-40-24-13-11-20(12-14-24)15-29(37)32-21-7-6-8-23(16-21)36(43(38)39)31-30(34-27-9-4-5-10-28(27)35-31)33-22-17-25(41-2)19-26(18-22)42-3/h4-14,16-19H,15H2,1-3H3,(H,32,37)(H,33,34)(H,38,39)/p-1. The van der Waals surface area contributed by atoms with Gasteiger partial charge in [-0.1, -0.05) is 30.3 Å². The van der Waals surface area contributed by atoms with E-state index in [1.807, 2.05) is 18.2 Å². The van der Waals surface area contributed by atoms with Gasteiger partial charge in [0.15, 0.2) is 11.6 Å². The maximum absolute atomic E-state index is 12.8. The van der Waals surface area contributed by atoms with E-state index in [4.69, 9.17) is 19.2 Å². The van der Waals surface area contributed by atoms with Crippen LogP contribution in [0.4, 0.5) is 28.7 Å². The molecule has 0 fully saturated rings. The summed E-state index contributed by atoms with van der Waals surface area (Å²) in [5.74, 6) is 1.68. The monoisotopic (exact) mass is 598 g/mol. The van der Waals surface area contributed by atoms with Gasteiger partial charge in [-0.05, 0) is 48.0 Å². The molecule has 2 N–H and O–H groups in total. The van der Waals surface area contributed by atoms with Crippen LogP contribution < -0.4 is 29.1 Å². The molecule has 0 saturated carbocycles. The van der Waals surface area contributed by atoms with Gasteiger partial charge < -0.3 is 29.4 Å². The average molecular weight is 599 g/mol. The predicted molar refractivity (Wildman–Crippen MR) is 165 cm³/mol. The van der Waals surface area contributed by atoms with Crippen molar-refractivity contribution in [3.05, 3.63) is 96.6 Å². The van der Waals surface area contributed by atoms with Gasteiger partial charge in [0.05, 0.1) is 55.7 Å². The van der Waals surface area contributed by atoms with Crippen LogP contribution in [0.5, 0.6) is 17.2 Å². The first kappa shape index (κ1) is 29.3.